The van der Waals surface area contributed by atoms with Crippen LogP contribution in [-0.2, 0) is 0 Å². The number of para-hydroxylation sites is 1. The molecule has 2 atom stereocenters. The van der Waals surface area contributed by atoms with Gasteiger partial charge in [-0.3, -0.25) is 0 Å². The van der Waals surface area contributed by atoms with Gasteiger partial charge in [0.2, 0.25) is 0 Å². The molecular formula is C12H14ClN3. The van der Waals surface area contributed by atoms with Crippen LogP contribution in [0.3, 0.4) is 0 Å². The third-order valence-corrected chi connectivity index (χ3v) is 3.85. The van der Waals surface area contributed by atoms with Crippen LogP contribution in [0.5, 0.6) is 0 Å². The van der Waals surface area contributed by atoms with Crippen LogP contribution in [0.15, 0.2) is 24.3 Å². The molecule has 1 aromatic heterocycles. The lowest BCUT2D eigenvalue weighted by molar-refractivity contribution is 0.338. The van der Waals surface area contributed by atoms with Crippen molar-refractivity contribution >= 4 is 22.6 Å². The van der Waals surface area contributed by atoms with Gasteiger partial charge in [0.15, 0.2) is 0 Å². The predicted octanol–water partition coefficient (Wildman–Crippen LogP) is 3.15. The maximum atomic E-state index is 6.39. The molecule has 84 valence electrons. The van der Waals surface area contributed by atoms with Crippen molar-refractivity contribution < 1.29 is 0 Å². The SMILES string of the molecule is Cl[C@H]1CCCC[C@@H]1n1nnc2ccccc21. The van der Waals surface area contributed by atoms with E-state index in [1.807, 2.05) is 22.9 Å². The molecule has 0 aliphatic heterocycles. The van der Waals surface area contributed by atoms with Crippen molar-refractivity contribution in [2.45, 2.75) is 37.1 Å². The number of nitrogens with zero attached hydrogens (tertiary/aromatic N) is 3. The minimum atomic E-state index is 0.193. The second kappa shape index (κ2) is 4.06. The Kier molecular flexibility index (Phi) is 2.56. The van der Waals surface area contributed by atoms with Crippen LogP contribution < -0.4 is 0 Å². The highest BCUT2D eigenvalue weighted by molar-refractivity contribution is 6.21. The first-order valence-electron chi connectivity index (χ1n) is 5.80. The van der Waals surface area contributed by atoms with Gasteiger partial charge >= 0.3 is 0 Å². The molecule has 3 rings (SSSR count). The van der Waals surface area contributed by atoms with Crippen molar-refractivity contribution in [1.29, 1.82) is 0 Å². The van der Waals surface area contributed by atoms with Gasteiger partial charge in [-0.05, 0) is 25.0 Å². The molecule has 0 N–H and O–H groups in total. The molecule has 0 saturated heterocycles. The molecule has 1 fully saturated rings. The minimum absolute atomic E-state index is 0.193. The molecular weight excluding hydrogens is 222 g/mol. The van der Waals surface area contributed by atoms with E-state index in [0.29, 0.717) is 6.04 Å². The Morgan fingerprint density at radius 1 is 1.19 bits per heavy atom. The van der Waals surface area contributed by atoms with Crippen LogP contribution >= 0.6 is 11.6 Å². The molecule has 1 aromatic carbocycles. The van der Waals surface area contributed by atoms with Crippen LogP contribution in [0.1, 0.15) is 31.7 Å². The summed E-state index contributed by atoms with van der Waals surface area (Å²) in [4.78, 5) is 0. The highest BCUT2D eigenvalue weighted by Crippen LogP contribution is 2.33. The number of alkyl halides is 1. The van der Waals surface area contributed by atoms with Crippen molar-refractivity contribution in [3.05, 3.63) is 24.3 Å². The van der Waals surface area contributed by atoms with Crippen molar-refractivity contribution in [3.63, 3.8) is 0 Å². The molecule has 0 spiro atoms. The number of rotatable bonds is 1. The van der Waals surface area contributed by atoms with Crippen molar-refractivity contribution in [3.8, 4) is 0 Å². The zero-order valence-electron chi connectivity index (χ0n) is 9.01. The van der Waals surface area contributed by atoms with Gasteiger partial charge < -0.3 is 0 Å². The average molecular weight is 236 g/mol. The summed E-state index contributed by atoms with van der Waals surface area (Å²) in [6.07, 6.45) is 4.67. The van der Waals surface area contributed by atoms with E-state index in [9.17, 15) is 0 Å². The lowest BCUT2D eigenvalue weighted by atomic mass is 9.95. The molecule has 3 nitrogen and oxygen atoms in total. The maximum Gasteiger partial charge on any atom is 0.113 e. The summed E-state index contributed by atoms with van der Waals surface area (Å²) in [6, 6.07) is 8.37. The van der Waals surface area contributed by atoms with E-state index in [1.165, 1.54) is 12.8 Å². The molecule has 1 heterocycles. The van der Waals surface area contributed by atoms with Crippen molar-refractivity contribution in [2.24, 2.45) is 0 Å². The minimum Gasteiger partial charge on any atom is -0.240 e. The second-order valence-electron chi connectivity index (χ2n) is 4.39. The second-order valence-corrected chi connectivity index (χ2v) is 4.95. The van der Waals surface area contributed by atoms with Gasteiger partial charge in [-0.1, -0.05) is 30.2 Å². The van der Waals surface area contributed by atoms with Crippen LogP contribution in [0.2, 0.25) is 0 Å². The largest absolute Gasteiger partial charge is 0.240 e. The third kappa shape index (κ3) is 1.59. The molecule has 1 saturated carbocycles. The van der Waals surface area contributed by atoms with E-state index < -0.39 is 0 Å². The Morgan fingerprint density at radius 3 is 2.88 bits per heavy atom. The first-order chi connectivity index (χ1) is 7.86. The van der Waals surface area contributed by atoms with E-state index in [0.717, 1.165) is 23.9 Å². The van der Waals surface area contributed by atoms with Gasteiger partial charge in [-0.15, -0.1) is 16.7 Å². The predicted molar refractivity (Wildman–Crippen MR) is 64.7 cm³/mol. The summed E-state index contributed by atoms with van der Waals surface area (Å²) in [7, 11) is 0. The molecule has 0 radical (unpaired) electrons. The Hall–Kier alpha value is -1.09. The number of fused-ring (bicyclic) bond motifs is 1. The lowest BCUT2D eigenvalue weighted by Crippen LogP contribution is -2.24. The highest BCUT2D eigenvalue weighted by atomic mass is 35.5. The molecule has 0 amide bonds. The smallest absolute Gasteiger partial charge is 0.113 e. The molecule has 0 bridgehead atoms. The monoisotopic (exact) mass is 235 g/mol. The van der Waals surface area contributed by atoms with E-state index in [1.54, 1.807) is 0 Å². The molecule has 0 unspecified atom stereocenters. The topological polar surface area (TPSA) is 30.7 Å². The van der Waals surface area contributed by atoms with Crippen LogP contribution in [0.4, 0.5) is 0 Å². The fraction of sp³-hybridized carbons (Fsp3) is 0.500. The Morgan fingerprint density at radius 2 is 2.00 bits per heavy atom. The van der Waals surface area contributed by atoms with Gasteiger partial charge in [0.05, 0.1) is 16.9 Å². The van der Waals surface area contributed by atoms with Gasteiger partial charge in [-0.25, -0.2) is 4.68 Å². The van der Waals surface area contributed by atoms with Crippen LogP contribution in [0, 0.1) is 0 Å². The zero-order valence-corrected chi connectivity index (χ0v) is 9.77. The van der Waals surface area contributed by atoms with Gasteiger partial charge in [0.25, 0.3) is 0 Å². The first kappa shape index (κ1) is 10.1. The quantitative estimate of drug-likeness (QED) is 0.711. The molecule has 4 heteroatoms. The zero-order chi connectivity index (χ0) is 11.0. The summed E-state index contributed by atoms with van der Waals surface area (Å²) in [5.41, 5.74) is 2.05. The third-order valence-electron chi connectivity index (χ3n) is 3.34. The standard InChI is InChI=1S/C12H14ClN3/c13-9-5-1-3-7-11(9)16-12-8-4-2-6-10(12)14-15-16/h2,4,6,8-9,11H,1,3,5,7H2/t9-,11-/m0/s1. The van der Waals surface area contributed by atoms with E-state index in [-0.39, 0.29) is 5.38 Å². The summed E-state index contributed by atoms with van der Waals surface area (Å²) in [5.74, 6) is 0. The molecule has 2 aromatic rings. The van der Waals surface area contributed by atoms with Gasteiger partial charge in [0, 0.05) is 0 Å². The normalized spacial score (nSPS) is 26.1. The highest BCUT2D eigenvalue weighted by Gasteiger charge is 2.26. The van der Waals surface area contributed by atoms with Crippen LogP contribution in [-0.4, -0.2) is 20.4 Å². The average Bonchev–Trinajstić information content (AvgIpc) is 2.74. The summed E-state index contributed by atoms with van der Waals surface area (Å²) < 4.78 is 2.01. The Bertz CT molecular complexity index is 494. The van der Waals surface area contributed by atoms with E-state index >= 15 is 0 Å². The fourth-order valence-corrected chi connectivity index (χ4v) is 2.86. The van der Waals surface area contributed by atoms with Crippen molar-refractivity contribution in [1.82, 2.24) is 15.0 Å². The fourth-order valence-electron chi connectivity index (χ4n) is 2.47. The Balaban J connectivity index is 2.04. The van der Waals surface area contributed by atoms with Gasteiger partial charge in [0.1, 0.15) is 5.52 Å². The maximum absolute atomic E-state index is 6.39. The lowest BCUT2D eigenvalue weighted by Gasteiger charge is -2.27. The number of aromatic nitrogens is 3. The summed E-state index contributed by atoms with van der Waals surface area (Å²) in [6.45, 7) is 0. The molecule has 1 aliphatic rings. The number of halogens is 1. The van der Waals surface area contributed by atoms with E-state index in [4.69, 9.17) is 11.6 Å². The summed E-state index contributed by atoms with van der Waals surface area (Å²) in [5, 5.41) is 8.63. The van der Waals surface area contributed by atoms with Crippen molar-refractivity contribution in [2.75, 3.05) is 0 Å². The number of hydrogen-bond donors (Lipinski definition) is 0. The molecule has 1 aliphatic carbocycles. The molecule has 16 heavy (non-hydrogen) atoms. The number of benzene rings is 1. The van der Waals surface area contributed by atoms with Crippen LogP contribution in [0.25, 0.3) is 11.0 Å². The van der Waals surface area contributed by atoms with E-state index in [2.05, 4.69) is 16.4 Å². The number of hydrogen-bond acceptors (Lipinski definition) is 2. The van der Waals surface area contributed by atoms with Gasteiger partial charge in [-0.2, -0.15) is 0 Å². The first-order valence-corrected chi connectivity index (χ1v) is 6.24. The Labute approximate surface area is 99.4 Å². The summed E-state index contributed by atoms with van der Waals surface area (Å²) >= 11 is 6.39.